The summed E-state index contributed by atoms with van der Waals surface area (Å²) < 4.78 is 38.2. The van der Waals surface area contributed by atoms with Crippen molar-refractivity contribution in [2.75, 3.05) is 15.8 Å². The Balaban J connectivity index is 1.22. The van der Waals surface area contributed by atoms with Gasteiger partial charge in [0.1, 0.15) is 11.4 Å². The fourth-order valence-electron chi connectivity index (χ4n) is 3.19. The molecule has 0 fully saturated rings. The number of thioether (sulfide) groups is 1. The highest BCUT2D eigenvalue weighted by atomic mass is 32.2. The molecule has 0 aliphatic carbocycles. The van der Waals surface area contributed by atoms with Crippen LogP contribution in [0.25, 0.3) is 22.9 Å². The summed E-state index contributed by atoms with van der Waals surface area (Å²) in [5.74, 6) is 0.901. The molecule has 0 saturated heterocycles. The Labute approximate surface area is 209 Å². The van der Waals surface area contributed by atoms with Crippen LogP contribution in [0.5, 0.6) is 0 Å². The largest absolute Gasteiger partial charge is 0.463 e. The minimum atomic E-state index is -3.86. The van der Waals surface area contributed by atoms with E-state index in [9.17, 15) is 13.2 Å². The predicted molar refractivity (Wildman–Crippen MR) is 133 cm³/mol. The number of amides is 1. The number of imidazole rings is 1. The van der Waals surface area contributed by atoms with E-state index in [0.717, 1.165) is 0 Å². The summed E-state index contributed by atoms with van der Waals surface area (Å²) in [4.78, 5) is 27.9. The van der Waals surface area contributed by atoms with Crippen LogP contribution < -0.4 is 10.0 Å². The lowest BCUT2D eigenvalue weighted by molar-refractivity contribution is -0.113. The topological polar surface area (TPSA) is 156 Å². The van der Waals surface area contributed by atoms with Crippen LogP contribution in [0.15, 0.2) is 98.4 Å². The van der Waals surface area contributed by atoms with Crippen molar-refractivity contribution >= 4 is 39.3 Å². The van der Waals surface area contributed by atoms with E-state index >= 15 is 0 Å². The summed E-state index contributed by atoms with van der Waals surface area (Å²) in [6.45, 7) is 0. The van der Waals surface area contributed by atoms with Gasteiger partial charge in [0.15, 0.2) is 16.7 Å². The summed E-state index contributed by atoms with van der Waals surface area (Å²) >= 11 is 1.20. The molecule has 0 atom stereocenters. The fourth-order valence-corrected chi connectivity index (χ4v) is 4.82. The summed E-state index contributed by atoms with van der Waals surface area (Å²) in [7, 11) is -3.86. The minimum Gasteiger partial charge on any atom is -0.463 e. The Morgan fingerprint density at radius 3 is 2.31 bits per heavy atom. The number of carbonyl (C=O) groups excluding carboxylic acids is 1. The van der Waals surface area contributed by atoms with Crippen molar-refractivity contribution in [1.29, 1.82) is 0 Å². The number of aromatic amines is 1. The maximum atomic E-state index is 12.5. The van der Waals surface area contributed by atoms with Crippen LogP contribution in [0.4, 0.5) is 11.6 Å². The molecule has 11 nitrogen and oxygen atoms in total. The Hall–Kier alpha value is -4.36. The number of anilines is 2. The zero-order valence-corrected chi connectivity index (χ0v) is 20.0. The van der Waals surface area contributed by atoms with Gasteiger partial charge in [0.2, 0.25) is 11.9 Å². The molecule has 4 aromatic heterocycles. The zero-order valence-electron chi connectivity index (χ0n) is 18.4. The van der Waals surface area contributed by atoms with Gasteiger partial charge < -0.3 is 19.1 Å². The number of aromatic nitrogens is 4. The van der Waals surface area contributed by atoms with Crippen molar-refractivity contribution in [3.05, 3.63) is 79.5 Å². The van der Waals surface area contributed by atoms with Gasteiger partial charge in [-0.3, -0.25) is 4.79 Å². The van der Waals surface area contributed by atoms with E-state index in [1.807, 2.05) is 0 Å². The van der Waals surface area contributed by atoms with Crippen LogP contribution in [0.2, 0.25) is 0 Å². The molecule has 0 radical (unpaired) electrons. The van der Waals surface area contributed by atoms with Gasteiger partial charge in [0.25, 0.3) is 10.0 Å². The zero-order chi connectivity index (χ0) is 25.0. The molecule has 5 rings (SSSR count). The summed E-state index contributed by atoms with van der Waals surface area (Å²) in [5, 5.41) is 3.25. The first kappa shape index (κ1) is 23.4. The molecule has 0 spiro atoms. The van der Waals surface area contributed by atoms with E-state index in [4.69, 9.17) is 8.83 Å². The lowest BCUT2D eigenvalue weighted by Crippen LogP contribution is -2.16. The van der Waals surface area contributed by atoms with Gasteiger partial charge in [0.05, 0.1) is 23.2 Å². The van der Waals surface area contributed by atoms with Crippen molar-refractivity contribution in [2.45, 2.75) is 10.1 Å². The maximum Gasteiger partial charge on any atom is 0.264 e. The number of nitrogens with one attached hydrogen (secondary N) is 3. The Bertz CT molecular complexity index is 1500. The first-order valence-electron chi connectivity index (χ1n) is 10.5. The van der Waals surface area contributed by atoms with E-state index in [1.165, 1.54) is 48.4 Å². The number of hydrogen-bond acceptors (Lipinski definition) is 9. The average molecular weight is 523 g/mol. The SMILES string of the molecule is O=C(CSc1nc(-c2ccco2)c(-c2ccco2)[nH]1)Nc1ccc(S(=O)(=O)Nc2ncccn2)cc1. The molecule has 36 heavy (non-hydrogen) atoms. The van der Waals surface area contributed by atoms with Gasteiger partial charge >= 0.3 is 0 Å². The normalized spacial score (nSPS) is 11.3. The van der Waals surface area contributed by atoms with E-state index < -0.39 is 10.0 Å². The van der Waals surface area contributed by atoms with Crippen LogP contribution >= 0.6 is 11.8 Å². The predicted octanol–water partition coefficient (Wildman–Crippen LogP) is 4.25. The molecule has 3 N–H and O–H groups in total. The summed E-state index contributed by atoms with van der Waals surface area (Å²) in [6.07, 6.45) is 5.97. The van der Waals surface area contributed by atoms with Gasteiger partial charge in [-0.1, -0.05) is 11.8 Å². The summed E-state index contributed by atoms with van der Waals surface area (Å²) in [6, 6.07) is 14.5. The maximum absolute atomic E-state index is 12.5. The molecule has 0 aliphatic heterocycles. The Morgan fingerprint density at radius 2 is 1.64 bits per heavy atom. The lowest BCUT2D eigenvalue weighted by Gasteiger charge is -2.08. The van der Waals surface area contributed by atoms with Crippen molar-refractivity contribution in [3.63, 3.8) is 0 Å². The van der Waals surface area contributed by atoms with Gasteiger partial charge in [-0.2, -0.15) is 0 Å². The van der Waals surface area contributed by atoms with Crippen molar-refractivity contribution in [2.24, 2.45) is 0 Å². The number of sulfonamides is 1. The van der Waals surface area contributed by atoms with E-state index in [0.29, 0.717) is 33.8 Å². The number of hydrogen-bond donors (Lipinski definition) is 3. The average Bonchev–Trinajstić information content (AvgIpc) is 3.65. The van der Waals surface area contributed by atoms with E-state index in [-0.39, 0.29) is 22.5 Å². The van der Waals surface area contributed by atoms with Gasteiger partial charge in [-0.05, 0) is 54.6 Å². The highest BCUT2D eigenvalue weighted by Crippen LogP contribution is 2.33. The molecule has 0 aliphatic rings. The first-order chi connectivity index (χ1) is 17.5. The molecule has 13 heteroatoms. The van der Waals surface area contributed by atoms with Gasteiger partial charge in [0, 0.05) is 18.1 Å². The smallest absolute Gasteiger partial charge is 0.264 e. The Morgan fingerprint density at radius 1 is 0.944 bits per heavy atom. The second kappa shape index (κ2) is 10.1. The standard InChI is InChI=1S/C23H18N6O5S2/c30-19(26-15-6-8-16(9-7-15)36(31,32)29-22-24-10-3-11-25-22)14-35-23-27-20(17-4-1-12-33-17)21(28-23)18-5-2-13-34-18/h1-13H,14H2,(H,26,30)(H,27,28)(H,24,25,29). The van der Waals surface area contributed by atoms with E-state index in [2.05, 4.69) is 30.0 Å². The van der Waals surface area contributed by atoms with E-state index in [1.54, 1.807) is 42.9 Å². The molecular formula is C23H18N6O5S2. The van der Waals surface area contributed by atoms with Crippen LogP contribution in [0.1, 0.15) is 0 Å². The van der Waals surface area contributed by atoms with Crippen LogP contribution in [-0.4, -0.2) is 40.0 Å². The number of benzene rings is 1. The van der Waals surface area contributed by atoms with Crippen molar-refractivity contribution < 1.29 is 22.0 Å². The van der Waals surface area contributed by atoms with Crippen LogP contribution in [-0.2, 0) is 14.8 Å². The van der Waals surface area contributed by atoms with Crippen molar-refractivity contribution in [1.82, 2.24) is 19.9 Å². The third-order valence-electron chi connectivity index (χ3n) is 4.78. The molecule has 1 amide bonds. The van der Waals surface area contributed by atoms with Gasteiger partial charge in [-0.25, -0.2) is 28.1 Å². The molecular weight excluding hydrogens is 504 g/mol. The third kappa shape index (κ3) is 5.31. The molecule has 1 aromatic carbocycles. The Kier molecular flexibility index (Phi) is 6.56. The summed E-state index contributed by atoms with van der Waals surface area (Å²) in [5.41, 5.74) is 1.66. The fraction of sp³-hybridized carbons (Fsp3) is 0.0435. The second-order valence-corrected chi connectivity index (χ2v) is 9.91. The van der Waals surface area contributed by atoms with Gasteiger partial charge in [-0.15, -0.1) is 0 Å². The van der Waals surface area contributed by atoms with Crippen LogP contribution in [0, 0.1) is 0 Å². The number of H-pyrrole nitrogens is 1. The number of rotatable bonds is 9. The number of nitrogens with zero attached hydrogens (tertiary/aromatic N) is 3. The molecule has 0 saturated carbocycles. The highest BCUT2D eigenvalue weighted by molar-refractivity contribution is 7.99. The molecule has 4 heterocycles. The quantitative estimate of drug-likeness (QED) is 0.241. The minimum absolute atomic E-state index is 0.00817. The first-order valence-corrected chi connectivity index (χ1v) is 13.0. The molecule has 0 unspecified atom stereocenters. The third-order valence-corrected chi connectivity index (χ3v) is 7.00. The molecule has 5 aromatic rings. The van der Waals surface area contributed by atoms with Crippen molar-refractivity contribution in [3.8, 4) is 22.9 Å². The number of carbonyl (C=O) groups is 1. The second-order valence-electron chi connectivity index (χ2n) is 7.26. The molecule has 182 valence electrons. The monoisotopic (exact) mass is 522 g/mol. The highest BCUT2D eigenvalue weighted by Gasteiger charge is 2.19. The van der Waals surface area contributed by atoms with Crippen LogP contribution in [0.3, 0.4) is 0 Å². The molecule has 0 bridgehead atoms. The lowest BCUT2D eigenvalue weighted by atomic mass is 10.2. The number of furan rings is 2.